The largest absolute Gasteiger partial charge is 0.389 e. The molecule has 17 heavy (non-hydrogen) atoms. The molecule has 0 fully saturated rings. The van der Waals surface area contributed by atoms with E-state index in [0.717, 1.165) is 9.35 Å². The Labute approximate surface area is 112 Å². The van der Waals surface area contributed by atoms with Gasteiger partial charge >= 0.3 is 6.18 Å². The van der Waals surface area contributed by atoms with Gasteiger partial charge in [-0.3, -0.25) is 0 Å². The van der Waals surface area contributed by atoms with Crippen molar-refractivity contribution in [2.75, 3.05) is 6.54 Å². The molecule has 1 aromatic rings. The quantitative estimate of drug-likeness (QED) is 0.816. The monoisotopic (exact) mass is 329 g/mol. The van der Waals surface area contributed by atoms with Crippen LogP contribution in [0, 0.1) is 0 Å². The lowest BCUT2D eigenvalue weighted by Gasteiger charge is -2.17. The van der Waals surface area contributed by atoms with Crippen molar-refractivity contribution in [3.05, 3.63) is 20.8 Å². The van der Waals surface area contributed by atoms with E-state index in [2.05, 4.69) is 21.2 Å². The molecule has 0 aromatic carbocycles. The molecule has 0 bridgehead atoms. The molecule has 0 aliphatic heterocycles. The van der Waals surface area contributed by atoms with Gasteiger partial charge in [0, 0.05) is 27.2 Å². The van der Waals surface area contributed by atoms with Crippen LogP contribution in [0.3, 0.4) is 0 Å². The minimum atomic E-state index is -4.07. The van der Waals surface area contributed by atoms with Crippen molar-refractivity contribution in [2.24, 2.45) is 0 Å². The van der Waals surface area contributed by atoms with Crippen LogP contribution in [0.5, 0.6) is 0 Å². The summed E-state index contributed by atoms with van der Waals surface area (Å²) in [5.41, 5.74) is 0. The van der Waals surface area contributed by atoms with Gasteiger partial charge in [-0.15, -0.1) is 11.3 Å². The Hall–Kier alpha value is -0.0700. The summed E-state index contributed by atoms with van der Waals surface area (Å²) in [4.78, 5) is 1.10. The van der Waals surface area contributed by atoms with Crippen molar-refractivity contribution in [1.29, 1.82) is 0 Å². The molecule has 0 amide bonds. The zero-order valence-electron chi connectivity index (χ0n) is 9.48. The molecule has 0 radical (unpaired) electrons. The normalized spacial score (nSPS) is 13.9. The van der Waals surface area contributed by atoms with E-state index in [9.17, 15) is 13.2 Å². The zero-order chi connectivity index (χ0) is 12.9. The third-order valence-electron chi connectivity index (χ3n) is 2.34. The first-order valence-corrected chi connectivity index (χ1v) is 7.11. The number of alkyl halides is 3. The van der Waals surface area contributed by atoms with Crippen molar-refractivity contribution >= 4 is 27.3 Å². The first-order valence-electron chi connectivity index (χ1n) is 5.43. The average Bonchev–Trinajstić information content (AvgIpc) is 2.60. The summed E-state index contributed by atoms with van der Waals surface area (Å²) in [5, 5.41) is 5.05. The molecule has 1 atom stereocenters. The van der Waals surface area contributed by atoms with Crippen LogP contribution < -0.4 is 5.32 Å². The van der Waals surface area contributed by atoms with Crippen LogP contribution >= 0.6 is 27.3 Å². The van der Waals surface area contributed by atoms with Gasteiger partial charge in [-0.1, -0.05) is 6.92 Å². The standard InChI is InChI=1S/C11H15BrF3NS/c1-2-16-9(3-4-11(13,14)15)6-10-5-8(12)7-17-10/h5,7,9,16H,2-4,6H2,1H3. The Morgan fingerprint density at radius 2 is 2.18 bits per heavy atom. The Morgan fingerprint density at radius 1 is 1.47 bits per heavy atom. The lowest BCUT2D eigenvalue weighted by atomic mass is 10.1. The van der Waals surface area contributed by atoms with E-state index in [0.29, 0.717) is 13.0 Å². The van der Waals surface area contributed by atoms with E-state index < -0.39 is 12.6 Å². The maximum Gasteiger partial charge on any atom is 0.389 e. The second-order valence-corrected chi connectivity index (χ2v) is 5.76. The SMILES string of the molecule is CCNC(CCC(F)(F)F)Cc1cc(Br)cs1. The van der Waals surface area contributed by atoms with Gasteiger partial charge in [-0.2, -0.15) is 13.2 Å². The molecule has 0 aliphatic carbocycles. The Kier molecular flexibility index (Phi) is 5.95. The van der Waals surface area contributed by atoms with E-state index >= 15 is 0 Å². The van der Waals surface area contributed by atoms with Gasteiger partial charge in [0.2, 0.25) is 0 Å². The fourth-order valence-electron chi connectivity index (χ4n) is 1.61. The number of thiophene rings is 1. The van der Waals surface area contributed by atoms with Crippen molar-refractivity contribution in [3.63, 3.8) is 0 Å². The Balaban J connectivity index is 2.48. The van der Waals surface area contributed by atoms with Crippen LogP contribution in [0.1, 0.15) is 24.6 Å². The summed E-state index contributed by atoms with van der Waals surface area (Å²) in [7, 11) is 0. The van der Waals surface area contributed by atoms with Gasteiger partial charge in [0.1, 0.15) is 0 Å². The van der Waals surface area contributed by atoms with Crippen LogP contribution in [0.4, 0.5) is 13.2 Å². The molecule has 0 spiro atoms. The van der Waals surface area contributed by atoms with Gasteiger partial charge < -0.3 is 5.32 Å². The maximum absolute atomic E-state index is 12.2. The van der Waals surface area contributed by atoms with Gasteiger partial charge in [0.05, 0.1) is 0 Å². The van der Waals surface area contributed by atoms with Crippen molar-refractivity contribution in [2.45, 2.75) is 38.4 Å². The first-order chi connectivity index (χ1) is 7.90. The number of rotatable bonds is 6. The Morgan fingerprint density at radius 3 is 2.65 bits per heavy atom. The molecule has 1 aromatic heterocycles. The van der Waals surface area contributed by atoms with Gasteiger partial charge in [-0.05, 0) is 41.4 Å². The van der Waals surface area contributed by atoms with Crippen molar-refractivity contribution in [1.82, 2.24) is 5.32 Å². The molecule has 6 heteroatoms. The van der Waals surface area contributed by atoms with Crippen LogP contribution in [-0.4, -0.2) is 18.8 Å². The summed E-state index contributed by atoms with van der Waals surface area (Å²) in [6.45, 7) is 2.60. The van der Waals surface area contributed by atoms with Crippen LogP contribution in [-0.2, 0) is 6.42 Å². The lowest BCUT2D eigenvalue weighted by Crippen LogP contribution is -2.32. The third-order valence-corrected chi connectivity index (χ3v) is 4.06. The molecule has 0 aliphatic rings. The number of likely N-dealkylation sites (N-methyl/N-ethyl adjacent to an activating group) is 1. The van der Waals surface area contributed by atoms with E-state index in [-0.39, 0.29) is 12.5 Å². The highest BCUT2D eigenvalue weighted by Gasteiger charge is 2.28. The smallest absolute Gasteiger partial charge is 0.314 e. The van der Waals surface area contributed by atoms with Crippen molar-refractivity contribution in [3.8, 4) is 0 Å². The predicted molar refractivity (Wildman–Crippen MR) is 68.5 cm³/mol. The highest BCUT2D eigenvalue weighted by atomic mass is 79.9. The van der Waals surface area contributed by atoms with Crippen LogP contribution in [0.2, 0.25) is 0 Å². The molecule has 98 valence electrons. The molecule has 1 unspecified atom stereocenters. The Bertz CT molecular complexity index is 338. The molecular weight excluding hydrogens is 315 g/mol. The predicted octanol–water partition coefficient (Wildman–Crippen LogP) is 4.37. The van der Waals surface area contributed by atoms with Crippen LogP contribution in [0.25, 0.3) is 0 Å². The maximum atomic E-state index is 12.2. The van der Waals surface area contributed by atoms with Gasteiger partial charge in [0.25, 0.3) is 0 Å². The summed E-state index contributed by atoms with van der Waals surface area (Å²) < 4.78 is 37.5. The van der Waals surface area contributed by atoms with Crippen LogP contribution in [0.15, 0.2) is 15.9 Å². The summed E-state index contributed by atoms with van der Waals surface area (Å²) >= 11 is 4.91. The number of hydrogen-bond donors (Lipinski definition) is 1. The molecule has 1 rings (SSSR count). The molecule has 1 N–H and O–H groups in total. The minimum Gasteiger partial charge on any atom is -0.314 e. The van der Waals surface area contributed by atoms with Crippen molar-refractivity contribution < 1.29 is 13.2 Å². The van der Waals surface area contributed by atoms with Gasteiger partial charge in [0.15, 0.2) is 0 Å². The fraction of sp³-hybridized carbons (Fsp3) is 0.636. The fourth-order valence-corrected chi connectivity index (χ4v) is 3.14. The number of nitrogens with one attached hydrogen (secondary N) is 1. The third kappa shape index (κ3) is 6.43. The molecular formula is C11H15BrF3NS. The summed E-state index contributed by atoms with van der Waals surface area (Å²) in [6.07, 6.45) is -4.01. The molecule has 0 saturated carbocycles. The van der Waals surface area contributed by atoms with E-state index in [1.807, 2.05) is 18.4 Å². The number of hydrogen-bond acceptors (Lipinski definition) is 2. The average molecular weight is 330 g/mol. The number of halogens is 4. The highest BCUT2D eigenvalue weighted by Crippen LogP contribution is 2.25. The van der Waals surface area contributed by atoms with Gasteiger partial charge in [-0.25, -0.2) is 0 Å². The second kappa shape index (κ2) is 6.75. The summed E-state index contributed by atoms with van der Waals surface area (Å²) in [6, 6.07) is 1.86. The topological polar surface area (TPSA) is 12.0 Å². The van der Waals surface area contributed by atoms with E-state index in [4.69, 9.17) is 0 Å². The minimum absolute atomic E-state index is 0.104. The highest BCUT2D eigenvalue weighted by molar-refractivity contribution is 9.10. The first kappa shape index (κ1) is 15.0. The van der Waals surface area contributed by atoms with E-state index in [1.165, 1.54) is 0 Å². The molecule has 1 heterocycles. The zero-order valence-corrected chi connectivity index (χ0v) is 11.9. The molecule has 0 saturated heterocycles. The second-order valence-electron chi connectivity index (χ2n) is 3.84. The summed E-state index contributed by atoms with van der Waals surface area (Å²) in [5.74, 6) is 0. The molecule has 1 nitrogen and oxygen atoms in total. The van der Waals surface area contributed by atoms with E-state index in [1.54, 1.807) is 11.3 Å². The lowest BCUT2D eigenvalue weighted by molar-refractivity contribution is -0.136.